The molecule has 4 aromatic rings. The summed E-state index contributed by atoms with van der Waals surface area (Å²) in [5.74, 6) is 1.44. The fourth-order valence-electron chi connectivity index (χ4n) is 4.04. The molecule has 0 unspecified atom stereocenters. The first-order valence-electron chi connectivity index (χ1n) is 11.0. The van der Waals surface area contributed by atoms with Crippen LogP contribution in [0.2, 0.25) is 0 Å². The number of aryl methyl sites for hydroxylation is 3. The van der Waals surface area contributed by atoms with Gasteiger partial charge in [-0.25, -0.2) is 9.37 Å². The summed E-state index contributed by atoms with van der Waals surface area (Å²) in [6.45, 7) is 1.66. The van der Waals surface area contributed by atoms with Gasteiger partial charge >= 0.3 is 0 Å². The molecule has 2 N–H and O–H groups in total. The Hall–Kier alpha value is -3.12. The smallest absolute Gasteiger partial charge is 0.259 e. The number of anilines is 1. The number of aromatic amines is 1. The minimum Gasteiger partial charge on any atom is -0.326 e. The van der Waals surface area contributed by atoms with Crippen molar-refractivity contribution in [2.75, 3.05) is 11.1 Å². The number of amides is 1. The molecule has 0 aliphatic heterocycles. The third-order valence-electron chi connectivity index (χ3n) is 5.67. The van der Waals surface area contributed by atoms with E-state index < -0.39 is 5.82 Å². The number of carbonyl (C=O) groups excluding carboxylic acids is 1. The topological polar surface area (TPSA) is 118 Å². The van der Waals surface area contributed by atoms with Crippen LogP contribution in [-0.4, -0.2) is 41.8 Å². The number of nitrogens with one attached hydrogen (secondary N) is 2. The Morgan fingerprint density at radius 2 is 2.18 bits per heavy atom. The van der Waals surface area contributed by atoms with Crippen LogP contribution in [0.25, 0.3) is 15.9 Å². The summed E-state index contributed by atoms with van der Waals surface area (Å²) in [5, 5.41) is 14.6. The van der Waals surface area contributed by atoms with E-state index in [0.29, 0.717) is 28.8 Å². The van der Waals surface area contributed by atoms with Crippen molar-refractivity contribution < 1.29 is 9.18 Å². The molecular formula is C22H22FN7O2S2. The maximum Gasteiger partial charge on any atom is 0.259 e. The average Bonchev–Trinajstić information content (AvgIpc) is 3.41. The molecule has 0 atom stereocenters. The fraction of sp³-hybridized carbons (Fsp3) is 0.364. The Morgan fingerprint density at radius 3 is 3.00 bits per heavy atom. The summed E-state index contributed by atoms with van der Waals surface area (Å²) >= 11 is 3.15. The van der Waals surface area contributed by atoms with Crippen molar-refractivity contribution in [2.45, 2.75) is 44.8 Å². The molecule has 0 saturated heterocycles. The number of carbonyl (C=O) groups is 1. The van der Waals surface area contributed by atoms with Gasteiger partial charge < -0.3 is 10.3 Å². The average molecular weight is 500 g/mol. The zero-order valence-corrected chi connectivity index (χ0v) is 20.1. The Bertz CT molecular complexity index is 1430. The molecule has 12 heteroatoms. The van der Waals surface area contributed by atoms with E-state index in [1.807, 2.05) is 0 Å². The van der Waals surface area contributed by atoms with Gasteiger partial charge in [-0.3, -0.25) is 9.59 Å². The van der Waals surface area contributed by atoms with Crippen LogP contribution in [0.15, 0.2) is 23.0 Å². The third-order valence-corrected chi connectivity index (χ3v) is 7.83. The van der Waals surface area contributed by atoms with Gasteiger partial charge in [0.15, 0.2) is 5.82 Å². The van der Waals surface area contributed by atoms with Crippen molar-refractivity contribution in [2.24, 2.45) is 0 Å². The molecule has 9 nitrogen and oxygen atoms in total. The molecule has 0 spiro atoms. The number of fused-ring (bicyclic) bond motifs is 3. The van der Waals surface area contributed by atoms with Crippen molar-refractivity contribution in [3.05, 3.63) is 56.5 Å². The highest BCUT2D eigenvalue weighted by Gasteiger charge is 2.19. The number of thiophene rings is 1. The number of rotatable bonds is 7. The number of hydrogen-bond acceptors (Lipinski definition) is 8. The van der Waals surface area contributed by atoms with Crippen LogP contribution in [0.1, 0.15) is 41.4 Å². The molecule has 176 valence electrons. The van der Waals surface area contributed by atoms with Crippen LogP contribution in [-0.2, 0) is 23.4 Å². The standard InChI is InChI=1S/C22H22FN7O2S2/c1-12-27-28-29-30(12)16-10-13(6-7-15(16)23)24-19(31)8-9-33-11-18-25-21(32)20-14-4-2-3-5-17(14)34-22(20)26-18/h6-7,10H,2-5,8-9,11H2,1H3,(H,24,31)(H,25,26,32). The lowest BCUT2D eigenvalue weighted by Crippen LogP contribution is -2.14. The van der Waals surface area contributed by atoms with Gasteiger partial charge in [-0.1, -0.05) is 0 Å². The summed E-state index contributed by atoms with van der Waals surface area (Å²) < 4.78 is 15.5. The summed E-state index contributed by atoms with van der Waals surface area (Å²) in [5.41, 5.74) is 1.73. The third kappa shape index (κ3) is 4.60. The van der Waals surface area contributed by atoms with Gasteiger partial charge in [-0.2, -0.15) is 16.4 Å². The molecule has 0 fully saturated rings. The lowest BCUT2D eigenvalue weighted by Gasteiger charge is -2.09. The maximum absolute atomic E-state index is 14.2. The molecule has 1 aromatic carbocycles. The van der Waals surface area contributed by atoms with Crippen LogP contribution in [0.5, 0.6) is 0 Å². The zero-order valence-electron chi connectivity index (χ0n) is 18.4. The summed E-state index contributed by atoms with van der Waals surface area (Å²) in [6.07, 6.45) is 4.53. The number of H-pyrrole nitrogens is 1. The van der Waals surface area contributed by atoms with Crippen LogP contribution >= 0.6 is 23.1 Å². The van der Waals surface area contributed by atoms with E-state index in [1.165, 1.54) is 51.5 Å². The van der Waals surface area contributed by atoms with Crippen molar-refractivity contribution in [1.29, 1.82) is 0 Å². The first kappa shape index (κ1) is 22.7. The Morgan fingerprint density at radius 1 is 1.32 bits per heavy atom. The molecule has 0 radical (unpaired) electrons. The summed E-state index contributed by atoms with van der Waals surface area (Å²) in [7, 11) is 0. The highest BCUT2D eigenvalue weighted by Crippen LogP contribution is 2.33. The first-order valence-corrected chi connectivity index (χ1v) is 12.9. The van der Waals surface area contributed by atoms with Crippen LogP contribution in [0, 0.1) is 12.7 Å². The van der Waals surface area contributed by atoms with Gasteiger partial charge in [-0.15, -0.1) is 16.4 Å². The summed E-state index contributed by atoms with van der Waals surface area (Å²) in [4.78, 5) is 34.7. The fourth-order valence-corrected chi connectivity index (χ4v) is 6.13. The van der Waals surface area contributed by atoms with E-state index in [2.05, 4.69) is 30.8 Å². The van der Waals surface area contributed by atoms with E-state index >= 15 is 0 Å². The second kappa shape index (κ2) is 9.63. The monoisotopic (exact) mass is 499 g/mol. The number of halogens is 1. The Balaban J connectivity index is 1.17. The molecule has 5 rings (SSSR count). The number of benzene rings is 1. The number of hydrogen-bond donors (Lipinski definition) is 2. The minimum absolute atomic E-state index is 0.0670. The highest BCUT2D eigenvalue weighted by molar-refractivity contribution is 7.98. The predicted molar refractivity (Wildman–Crippen MR) is 130 cm³/mol. The van der Waals surface area contributed by atoms with Crippen molar-refractivity contribution >= 4 is 44.9 Å². The van der Waals surface area contributed by atoms with Gasteiger partial charge in [-0.05, 0) is 66.8 Å². The van der Waals surface area contributed by atoms with Crippen LogP contribution < -0.4 is 10.9 Å². The van der Waals surface area contributed by atoms with Crippen molar-refractivity contribution in [3.8, 4) is 5.69 Å². The Labute approximate surface area is 202 Å². The maximum atomic E-state index is 14.2. The summed E-state index contributed by atoms with van der Waals surface area (Å²) in [6, 6.07) is 4.25. The van der Waals surface area contributed by atoms with E-state index in [1.54, 1.807) is 18.3 Å². The van der Waals surface area contributed by atoms with Crippen molar-refractivity contribution in [1.82, 2.24) is 30.2 Å². The predicted octanol–water partition coefficient (Wildman–Crippen LogP) is 3.55. The number of thioether (sulfide) groups is 1. The molecule has 3 heterocycles. The normalized spacial score (nSPS) is 13.2. The molecule has 0 saturated carbocycles. The van der Waals surface area contributed by atoms with Gasteiger partial charge in [0.05, 0.1) is 11.1 Å². The van der Waals surface area contributed by atoms with Crippen LogP contribution in [0.3, 0.4) is 0 Å². The molecule has 1 aliphatic carbocycles. The van der Waals surface area contributed by atoms with Gasteiger partial charge in [0.25, 0.3) is 5.56 Å². The molecule has 3 aromatic heterocycles. The highest BCUT2D eigenvalue weighted by atomic mass is 32.2. The van der Waals surface area contributed by atoms with Gasteiger partial charge in [0.1, 0.15) is 22.2 Å². The van der Waals surface area contributed by atoms with Gasteiger partial charge in [0, 0.05) is 22.7 Å². The zero-order chi connectivity index (χ0) is 23.7. The molecule has 1 amide bonds. The van der Waals surface area contributed by atoms with E-state index in [0.717, 1.165) is 29.5 Å². The molecule has 0 bridgehead atoms. The number of aromatic nitrogens is 6. The van der Waals surface area contributed by atoms with E-state index in [-0.39, 0.29) is 23.6 Å². The van der Waals surface area contributed by atoms with Gasteiger partial charge in [0.2, 0.25) is 5.91 Å². The SMILES string of the molecule is Cc1nnnn1-c1cc(NC(=O)CCSCc2nc3sc4c(c3c(=O)[nH]2)CCCC4)ccc1F. The lowest BCUT2D eigenvalue weighted by atomic mass is 9.97. The quantitative estimate of drug-likeness (QED) is 0.373. The number of tetrazole rings is 1. The Kier molecular flexibility index (Phi) is 6.42. The molecule has 34 heavy (non-hydrogen) atoms. The second-order valence-corrected chi connectivity index (χ2v) is 10.2. The van der Waals surface area contributed by atoms with Crippen LogP contribution in [0.4, 0.5) is 10.1 Å². The first-order chi connectivity index (χ1) is 16.5. The van der Waals surface area contributed by atoms with E-state index in [4.69, 9.17) is 0 Å². The lowest BCUT2D eigenvalue weighted by molar-refractivity contribution is -0.115. The largest absolute Gasteiger partial charge is 0.326 e. The molecule has 1 aliphatic rings. The van der Waals surface area contributed by atoms with Crippen molar-refractivity contribution in [3.63, 3.8) is 0 Å². The molecular weight excluding hydrogens is 477 g/mol. The van der Waals surface area contributed by atoms with E-state index in [9.17, 15) is 14.0 Å². The second-order valence-electron chi connectivity index (χ2n) is 8.06. The number of nitrogens with zero attached hydrogens (tertiary/aromatic N) is 5. The minimum atomic E-state index is -0.492.